The maximum atomic E-state index is 12.0. The molecule has 1 aromatic rings. The van der Waals surface area contributed by atoms with Crippen molar-refractivity contribution in [2.75, 3.05) is 45.7 Å². The lowest BCUT2D eigenvalue weighted by molar-refractivity contribution is -0.132. The van der Waals surface area contributed by atoms with Crippen LogP contribution in [0.25, 0.3) is 0 Å². The number of carbonyl (C=O) groups excluding carboxylic acids is 2. The van der Waals surface area contributed by atoms with Crippen LogP contribution in [0.3, 0.4) is 0 Å². The van der Waals surface area contributed by atoms with Gasteiger partial charge in [0.1, 0.15) is 0 Å². The first-order valence-electron chi connectivity index (χ1n) is 7.39. The lowest BCUT2D eigenvalue weighted by Gasteiger charge is -2.18. The van der Waals surface area contributed by atoms with Crippen molar-refractivity contribution in [1.82, 2.24) is 10.2 Å². The number of rotatable bonds is 9. The zero-order chi connectivity index (χ0) is 16.4. The Kier molecular flexibility index (Phi) is 8.17. The first-order chi connectivity index (χ1) is 10.6. The Morgan fingerprint density at radius 3 is 2.68 bits per heavy atom. The van der Waals surface area contributed by atoms with Gasteiger partial charge >= 0.3 is 0 Å². The molecule has 0 unspecified atom stereocenters. The van der Waals surface area contributed by atoms with Crippen LogP contribution in [-0.2, 0) is 20.7 Å². The molecule has 0 aliphatic heterocycles. The lowest BCUT2D eigenvalue weighted by Crippen LogP contribution is -2.40. The van der Waals surface area contributed by atoms with Crippen molar-refractivity contribution in [3.8, 4) is 0 Å². The molecule has 0 aliphatic rings. The van der Waals surface area contributed by atoms with Crippen LogP contribution in [0.15, 0.2) is 24.3 Å². The minimum Gasteiger partial charge on any atom is -0.383 e. The number of nitrogens with zero attached hydrogens (tertiary/aromatic N) is 1. The topological polar surface area (TPSA) is 70.7 Å². The van der Waals surface area contributed by atoms with Crippen molar-refractivity contribution in [2.24, 2.45) is 0 Å². The predicted molar refractivity (Wildman–Crippen MR) is 86.8 cm³/mol. The SMILES string of the molecule is CCc1ccccc1NC(=O)CN(C)C(=O)CNCCOC. The summed E-state index contributed by atoms with van der Waals surface area (Å²) in [5.74, 6) is -0.330. The summed E-state index contributed by atoms with van der Waals surface area (Å²) < 4.78 is 4.89. The van der Waals surface area contributed by atoms with Crippen molar-refractivity contribution in [1.29, 1.82) is 0 Å². The highest BCUT2D eigenvalue weighted by Crippen LogP contribution is 2.15. The zero-order valence-corrected chi connectivity index (χ0v) is 13.5. The van der Waals surface area contributed by atoms with E-state index in [2.05, 4.69) is 10.6 Å². The number of amides is 2. The molecule has 0 heterocycles. The van der Waals surface area contributed by atoms with E-state index in [0.717, 1.165) is 17.7 Å². The van der Waals surface area contributed by atoms with Crippen molar-refractivity contribution < 1.29 is 14.3 Å². The van der Waals surface area contributed by atoms with Crippen molar-refractivity contribution in [3.63, 3.8) is 0 Å². The zero-order valence-electron chi connectivity index (χ0n) is 13.5. The van der Waals surface area contributed by atoms with Gasteiger partial charge in [-0.1, -0.05) is 25.1 Å². The van der Waals surface area contributed by atoms with Gasteiger partial charge < -0.3 is 20.3 Å². The molecule has 122 valence electrons. The van der Waals surface area contributed by atoms with Gasteiger partial charge in [0.25, 0.3) is 0 Å². The van der Waals surface area contributed by atoms with Crippen LogP contribution in [0.4, 0.5) is 5.69 Å². The van der Waals surface area contributed by atoms with E-state index in [1.165, 1.54) is 4.90 Å². The third-order valence-corrected chi connectivity index (χ3v) is 3.24. The molecule has 0 saturated heterocycles. The highest BCUT2D eigenvalue weighted by Gasteiger charge is 2.13. The fourth-order valence-corrected chi connectivity index (χ4v) is 1.95. The van der Waals surface area contributed by atoms with Gasteiger partial charge in [-0.25, -0.2) is 0 Å². The summed E-state index contributed by atoms with van der Waals surface area (Å²) in [6.45, 7) is 3.41. The summed E-state index contributed by atoms with van der Waals surface area (Å²) in [4.78, 5) is 25.3. The van der Waals surface area contributed by atoms with Gasteiger partial charge in [-0.3, -0.25) is 9.59 Å². The van der Waals surface area contributed by atoms with Crippen LogP contribution in [0.1, 0.15) is 12.5 Å². The monoisotopic (exact) mass is 307 g/mol. The summed E-state index contributed by atoms with van der Waals surface area (Å²) in [5.41, 5.74) is 1.88. The van der Waals surface area contributed by atoms with E-state index in [1.807, 2.05) is 31.2 Å². The molecule has 0 radical (unpaired) electrons. The van der Waals surface area contributed by atoms with E-state index >= 15 is 0 Å². The van der Waals surface area contributed by atoms with Gasteiger partial charge in [0.2, 0.25) is 11.8 Å². The van der Waals surface area contributed by atoms with Crippen LogP contribution >= 0.6 is 0 Å². The number of anilines is 1. The minimum atomic E-state index is -0.200. The number of para-hydroxylation sites is 1. The molecule has 0 atom stereocenters. The number of likely N-dealkylation sites (N-methyl/N-ethyl adjacent to an activating group) is 1. The molecular formula is C16H25N3O3. The average molecular weight is 307 g/mol. The van der Waals surface area contributed by atoms with Gasteiger partial charge in [-0.05, 0) is 18.1 Å². The Bertz CT molecular complexity index is 491. The Hall–Kier alpha value is -1.92. The number of methoxy groups -OCH3 is 1. The van der Waals surface area contributed by atoms with Crippen LogP contribution in [0, 0.1) is 0 Å². The normalized spacial score (nSPS) is 10.3. The molecule has 0 aliphatic carbocycles. The van der Waals surface area contributed by atoms with Gasteiger partial charge in [0.15, 0.2) is 0 Å². The highest BCUT2D eigenvalue weighted by atomic mass is 16.5. The molecule has 0 fully saturated rings. The Morgan fingerprint density at radius 1 is 1.27 bits per heavy atom. The number of aryl methyl sites for hydroxylation is 1. The second-order valence-corrected chi connectivity index (χ2v) is 4.98. The summed E-state index contributed by atoms with van der Waals surface area (Å²) in [5, 5.41) is 5.81. The Balaban J connectivity index is 2.42. The minimum absolute atomic E-state index is 0.0306. The van der Waals surface area contributed by atoms with Crippen LogP contribution < -0.4 is 10.6 Å². The summed E-state index contributed by atoms with van der Waals surface area (Å²) in [6.07, 6.45) is 0.842. The molecule has 1 rings (SSSR count). The molecule has 0 bridgehead atoms. The standard InChI is InChI=1S/C16H25N3O3/c1-4-13-7-5-6-8-14(13)18-15(20)12-19(2)16(21)11-17-9-10-22-3/h5-8,17H,4,9-12H2,1-3H3,(H,18,20). The van der Waals surface area contributed by atoms with Crippen molar-refractivity contribution >= 4 is 17.5 Å². The number of benzene rings is 1. The smallest absolute Gasteiger partial charge is 0.243 e. The largest absolute Gasteiger partial charge is 0.383 e. The molecule has 6 nitrogen and oxygen atoms in total. The lowest BCUT2D eigenvalue weighted by atomic mass is 10.1. The number of ether oxygens (including phenoxy) is 1. The Labute approximate surface area is 131 Å². The number of hydrogen-bond acceptors (Lipinski definition) is 4. The summed E-state index contributed by atoms with van der Waals surface area (Å²) in [6, 6.07) is 7.66. The third kappa shape index (κ3) is 6.24. The van der Waals surface area contributed by atoms with Gasteiger partial charge in [0.05, 0.1) is 19.7 Å². The first-order valence-corrected chi connectivity index (χ1v) is 7.39. The van der Waals surface area contributed by atoms with E-state index in [9.17, 15) is 9.59 Å². The van der Waals surface area contributed by atoms with E-state index in [-0.39, 0.29) is 24.9 Å². The fraction of sp³-hybridized carbons (Fsp3) is 0.500. The van der Waals surface area contributed by atoms with Crippen LogP contribution in [0.2, 0.25) is 0 Å². The van der Waals surface area contributed by atoms with Crippen molar-refractivity contribution in [3.05, 3.63) is 29.8 Å². The molecule has 6 heteroatoms. The van der Waals surface area contributed by atoms with E-state index < -0.39 is 0 Å². The average Bonchev–Trinajstić information content (AvgIpc) is 2.51. The van der Waals surface area contributed by atoms with Gasteiger partial charge in [0, 0.05) is 26.4 Å². The van der Waals surface area contributed by atoms with E-state index in [0.29, 0.717) is 13.2 Å². The molecule has 2 N–H and O–H groups in total. The third-order valence-electron chi connectivity index (χ3n) is 3.24. The number of carbonyl (C=O) groups is 2. The molecular weight excluding hydrogens is 282 g/mol. The maximum absolute atomic E-state index is 12.0. The highest BCUT2D eigenvalue weighted by molar-refractivity contribution is 5.95. The molecule has 2 amide bonds. The molecule has 0 spiro atoms. The summed E-state index contributed by atoms with van der Waals surface area (Å²) >= 11 is 0. The van der Waals surface area contributed by atoms with Gasteiger partial charge in [-0.2, -0.15) is 0 Å². The van der Waals surface area contributed by atoms with Crippen LogP contribution in [-0.4, -0.2) is 57.1 Å². The molecule has 1 aromatic carbocycles. The number of hydrogen-bond donors (Lipinski definition) is 2. The predicted octanol–water partition coefficient (Wildman–Crippen LogP) is 0.882. The van der Waals surface area contributed by atoms with E-state index in [4.69, 9.17) is 4.74 Å². The summed E-state index contributed by atoms with van der Waals surface area (Å²) in [7, 11) is 3.22. The van der Waals surface area contributed by atoms with Crippen LogP contribution in [0.5, 0.6) is 0 Å². The molecule has 0 saturated carbocycles. The quantitative estimate of drug-likeness (QED) is 0.665. The Morgan fingerprint density at radius 2 is 2.00 bits per heavy atom. The number of nitrogens with one attached hydrogen (secondary N) is 2. The second-order valence-electron chi connectivity index (χ2n) is 4.98. The maximum Gasteiger partial charge on any atom is 0.243 e. The second kappa shape index (κ2) is 9.92. The van der Waals surface area contributed by atoms with Crippen molar-refractivity contribution in [2.45, 2.75) is 13.3 Å². The van der Waals surface area contributed by atoms with Gasteiger partial charge in [-0.15, -0.1) is 0 Å². The first kappa shape index (κ1) is 18.1. The fourth-order valence-electron chi connectivity index (χ4n) is 1.95. The van der Waals surface area contributed by atoms with E-state index in [1.54, 1.807) is 14.2 Å². The molecule has 0 aromatic heterocycles. The molecule has 22 heavy (non-hydrogen) atoms.